The molecular formula is C16H21N3O. The minimum Gasteiger partial charge on any atom is -0.399 e. The van der Waals surface area contributed by atoms with E-state index in [1.165, 1.54) is 12.8 Å². The molecule has 1 aliphatic rings. The van der Waals surface area contributed by atoms with E-state index in [-0.39, 0.29) is 5.91 Å². The molecule has 1 aromatic heterocycles. The van der Waals surface area contributed by atoms with Crippen molar-refractivity contribution in [2.45, 2.75) is 38.6 Å². The molecule has 20 heavy (non-hydrogen) atoms. The SMILES string of the molecule is CC1CCC(NC(=O)c2c[nH]c3cc(N)ccc23)CC1. The Hall–Kier alpha value is -1.97. The lowest BCUT2D eigenvalue weighted by atomic mass is 9.87. The van der Waals surface area contributed by atoms with Gasteiger partial charge in [-0.3, -0.25) is 4.79 Å². The average molecular weight is 271 g/mol. The van der Waals surface area contributed by atoms with Gasteiger partial charge in [-0.25, -0.2) is 0 Å². The van der Waals surface area contributed by atoms with Crippen molar-refractivity contribution in [2.24, 2.45) is 5.92 Å². The minimum absolute atomic E-state index is 0.0144. The van der Waals surface area contributed by atoms with Crippen molar-refractivity contribution in [2.75, 3.05) is 5.73 Å². The van der Waals surface area contributed by atoms with E-state index in [0.717, 1.165) is 29.7 Å². The van der Waals surface area contributed by atoms with Gasteiger partial charge in [0.15, 0.2) is 0 Å². The number of nitrogens with one attached hydrogen (secondary N) is 2. The lowest BCUT2D eigenvalue weighted by Crippen LogP contribution is -2.37. The molecule has 0 spiro atoms. The van der Waals surface area contributed by atoms with Crippen molar-refractivity contribution < 1.29 is 4.79 Å². The summed E-state index contributed by atoms with van der Waals surface area (Å²) in [4.78, 5) is 15.5. The van der Waals surface area contributed by atoms with Gasteiger partial charge in [0.05, 0.1) is 5.56 Å². The largest absolute Gasteiger partial charge is 0.399 e. The van der Waals surface area contributed by atoms with E-state index < -0.39 is 0 Å². The third kappa shape index (κ3) is 2.50. The first-order chi connectivity index (χ1) is 9.63. The number of fused-ring (bicyclic) bond motifs is 1. The fourth-order valence-corrected chi connectivity index (χ4v) is 3.00. The first-order valence-corrected chi connectivity index (χ1v) is 7.31. The highest BCUT2D eigenvalue weighted by Gasteiger charge is 2.21. The Morgan fingerprint density at radius 2 is 2.05 bits per heavy atom. The number of nitrogen functional groups attached to an aromatic ring is 1. The molecule has 4 nitrogen and oxygen atoms in total. The first kappa shape index (κ1) is 13.0. The maximum atomic E-state index is 12.4. The molecule has 4 heteroatoms. The fraction of sp³-hybridized carbons (Fsp3) is 0.438. The summed E-state index contributed by atoms with van der Waals surface area (Å²) >= 11 is 0. The van der Waals surface area contributed by atoms with Gasteiger partial charge in [0.25, 0.3) is 5.91 Å². The Morgan fingerprint density at radius 3 is 2.80 bits per heavy atom. The van der Waals surface area contributed by atoms with Crippen LogP contribution >= 0.6 is 0 Å². The number of hydrogen-bond donors (Lipinski definition) is 3. The van der Waals surface area contributed by atoms with Gasteiger partial charge in [0.1, 0.15) is 0 Å². The van der Waals surface area contributed by atoms with Gasteiger partial charge < -0.3 is 16.0 Å². The normalized spacial score (nSPS) is 22.9. The van der Waals surface area contributed by atoms with E-state index in [9.17, 15) is 4.79 Å². The number of benzene rings is 1. The second kappa shape index (κ2) is 5.19. The molecule has 2 aromatic rings. The third-order valence-electron chi connectivity index (χ3n) is 4.30. The van der Waals surface area contributed by atoms with Crippen molar-refractivity contribution in [3.63, 3.8) is 0 Å². The van der Waals surface area contributed by atoms with Crippen LogP contribution < -0.4 is 11.1 Å². The van der Waals surface area contributed by atoms with Gasteiger partial charge in [-0.2, -0.15) is 0 Å². The second-order valence-corrected chi connectivity index (χ2v) is 5.94. The summed E-state index contributed by atoms with van der Waals surface area (Å²) in [5.41, 5.74) is 8.07. The van der Waals surface area contributed by atoms with Crippen molar-refractivity contribution in [3.8, 4) is 0 Å². The molecular weight excluding hydrogens is 250 g/mol. The number of nitrogens with two attached hydrogens (primary N) is 1. The van der Waals surface area contributed by atoms with E-state index in [4.69, 9.17) is 5.73 Å². The zero-order valence-electron chi connectivity index (χ0n) is 11.8. The Balaban J connectivity index is 1.75. The van der Waals surface area contributed by atoms with Crippen molar-refractivity contribution in [3.05, 3.63) is 30.0 Å². The zero-order chi connectivity index (χ0) is 14.1. The van der Waals surface area contributed by atoms with Crippen LogP contribution in [0.2, 0.25) is 0 Å². The molecule has 3 rings (SSSR count). The molecule has 4 N–H and O–H groups in total. The summed E-state index contributed by atoms with van der Waals surface area (Å²) in [6.07, 6.45) is 6.35. The lowest BCUT2D eigenvalue weighted by molar-refractivity contribution is 0.0924. The quantitative estimate of drug-likeness (QED) is 0.735. The van der Waals surface area contributed by atoms with E-state index in [2.05, 4.69) is 17.2 Å². The maximum Gasteiger partial charge on any atom is 0.253 e. The maximum absolute atomic E-state index is 12.4. The number of H-pyrrole nitrogens is 1. The number of anilines is 1. The summed E-state index contributed by atoms with van der Waals surface area (Å²) in [5.74, 6) is 0.805. The number of carbonyl (C=O) groups is 1. The van der Waals surface area contributed by atoms with E-state index in [0.29, 0.717) is 17.3 Å². The molecule has 0 bridgehead atoms. The number of aromatic amines is 1. The summed E-state index contributed by atoms with van der Waals surface area (Å²) in [7, 11) is 0. The number of hydrogen-bond acceptors (Lipinski definition) is 2. The molecule has 0 radical (unpaired) electrons. The summed E-state index contributed by atoms with van der Waals surface area (Å²) in [6, 6.07) is 5.90. The number of rotatable bonds is 2. The Morgan fingerprint density at radius 1 is 1.30 bits per heavy atom. The van der Waals surface area contributed by atoms with Crippen molar-refractivity contribution >= 4 is 22.5 Å². The number of amides is 1. The Bertz CT molecular complexity index is 624. The lowest BCUT2D eigenvalue weighted by Gasteiger charge is -2.26. The van der Waals surface area contributed by atoms with Gasteiger partial charge in [0.2, 0.25) is 0 Å². The topological polar surface area (TPSA) is 70.9 Å². The first-order valence-electron chi connectivity index (χ1n) is 7.31. The highest BCUT2D eigenvalue weighted by molar-refractivity contribution is 6.07. The number of aromatic nitrogens is 1. The Labute approximate surface area is 118 Å². The van der Waals surface area contributed by atoms with Crippen LogP contribution in [0, 0.1) is 5.92 Å². The van der Waals surface area contributed by atoms with E-state index in [1.54, 1.807) is 6.20 Å². The second-order valence-electron chi connectivity index (χ2n) is 5.94. The monoisotopic (exact) mass is 271 g/mol. The van der Waals surface area contributed by atoms with Crippen LogP contribution in [-0.4, -0.2) is 16.9 Å². The van der Waals surface area contributed by atoms with Crippen LogP contribution in [-0.2, 0) is 0 Å². The predicted molar refractivity (Wildman–Crippen MR) is 81.6 cm³/mol. The Kier molecular flexibility index (Phi) is 3.38. The van der Waals surface area contributed by atoms with E-state index >= 15 is 0 Å². The summed E-state index contributed by atoms with van der Waals surface area (Å²) < 4.78 is 0. The molecule has 1 aliphatic carbocycles. The van der Waals surface area contributed by atoms with Gasteiger partial charge in [-0.15, -0.1) is 0 Å². The predicted octanol–water partition coefficient (Wildman–Crippen LogP) is 3.06. The van der Waals surface area contributed by atoms with Crippen LogP contribution in [0.3, 0.4) is 0 Å². The van der Waals surface area contributed by atoms with Gasteiger partial charge in [0, 0.05) is 28.8 Å². The van der Waals surface area contributed by atoms with Crippen LogP contribution in [0.1, 0.15) is 43.0 Å². The van der Waals surface area contributed by atoms with Crippen LogP contribution in [0.5, 0.6) is 0 Å². The minimum atomic E-state index is 0.0144. The fourth-order valence-electron chi connectivity index (χ4n) is 3.00. The molecule has 1 aromatic carbocycles. The highest BCUT2D eigenvalue weighted by atomic mass is 16.1. The smallest absolute Gasteiger partial charge is 0.253 e. The summed E-state index contributed by atoms with van der Waals surface area (Å²) in [6.45, 7) is 2.28. The van der Waals surface area contributed by atoms with E-state index in [1.807, 2.05) is 18.2 Å². The molecule has 0 saturated heterocycles. The van der Waals surface area contributed by atoms with Gasteiger partial charge in [-0.1, -0.05) is 6.92 Å². The van der Waals surface area contributed by atoms with Crippen molar-refractivity contribution in [1.82, 2.24) is 10.3 Å². The molecule has 0 aliphatic heterocycles. The van der Waals surface area contributed by atoms with Crippen LogP contribution in [0.4, 0.5) is 5.69 Å². The van der Waals surface area contributed by atoms with Crippen molar-refractivity contribution in [1.29, 1.82) is 0 Å². The standard InChI is InChI=1S/C16H21N3O/c1-10-2-5-12(6-3-10)19-16(20)14-9-18-15-8-11(17)4-7-13(14)15/h4,7-10,12,18H,2-3,5-6,17H2,1H3,(H,19,20). The zero-order valence-corrected chi connectivity index (χ0v) is 11.8. The summed E-state index contributed by atoms with van der Waals surface area (Å²) in [5, 5.41) is 4.09. The molecule has 1 amide bonds. The molecule has 106 valence electrons. The van der Waals surface area contributed by atoms with Gasteiger partial charge >= 0.3 is 0 Å². The molecule has 0 atom stereocenters. The highest BCUT2D eigenvalue weighted by Crippen LogP contribution is 2.25. The van der Waals surface area contributed by atoms with Crippen LogP contribution in [0.15, 0.2) is 24.4 Å². The molecule has 1 fully saturated rings. The molecule has 1 saturated carbocycles. The average Bonchev–Trinajstić information content (AvgIpc) is 2.84. The van der Waals surface area contributed by atoms with Gasteiger partial charge in [-0.05, 0) is 49.8 Å². The van der Waals surface area contributed by atoms with Crippen LogP contribution in [0.25, 0.3) is 10.9 Å². The molecule has 0 unspecified atom stereocenters. The third-order valence-corrected chi connectivity index (χ3v) is 4.30. The number of carbonyl (C=O) groups excluding carboxylic acids is 1. The molecule has 1 heterocycles.